The zero-order valence-electron chi connectivity index (χ0n) is 9.21. The van der Waals surface area contributed by atoms with Crippen molar-refractivity contribution in [2.24, 2.45) is 0 Å². The second-order valence-corrected chi connectivity index (χ2v) is 5.21. The van der Waals surface area contributed by atoms with Crippen LogP contribution in [0.1, 0.15) is 12.5 Å². The molecule has 2 rings (SSSR count). The number of amides is 2. The van der Waals surface area contributed by atoms with Crippen LogP contribution >= 0.6 is 35.4 Å². The Bertz CT molecular complexity index is 554. The Hall–Kier alpha value is -1.17. The molecule has 1 aromatic carbocycles. The molecule has 1 fully saturated rings. The highest BCUT2D eigenvalue weighted by Gasteiger charge is 2.46. The van der Waals surface area contributed by atoms with Gasteiger partial charge in [0.15, 0.2) is 10.5 Å². The van der Waals surface area contributed by atoms with Crippen molar-refractivity contribution in [1.82, 2.24) is 10.6 Å². The van der Waals surface area contributed by atoms with E-state index in [0.717, 1.165) is 0 Å². The van der Waals surface area contributed by atoms with E-state index in [1.54, 1.807) is 6.07 Å². The van der Waals surface area contributed by atoms with Crippen molar-refractivity contribution in [3.8, 4) is 0 Å². The summed E-state index contributed by atoms with van der Waals surface area (Å²) >= 11 is 16.5. The van der Waals surface area contributed by atoms with Gasteiger partial charge in [-0.05, 0) is 36.8 Å². The molecule has 2 amide bonds. The zero-order chi connectivity index (χ0) is 13.5. The maximum Gasteiger partial charge on any atom is 0.246 e. The highest BCUT2D eigenvalue weighted by molar-refractivity contribution is 7.80. The molecule has 94 valence electrons. The minimum atomic E-state index is -1.38. The van der Waals surface area contributed by atoms with E-state index in [2.05, 4.69) is 10.6 Å². The van der Waals surface area contributed by atoms with Gasteiger partial charge >= 0.3 is 0 Å². The number of hydrogen-bond acceptors (Lipinski definition) is 3. The lowest BCUT2D eigenvalue weighted by molar-refractivity contribution is -0.136. The average Bonchev–Trinajstić information content (AvgIpc) is 2.29. The Balaban J connectivity index is 2.52. The van der Waals surface area contributed by atoms with Gasteiger partial charge in [-0.15, -0.1) is 0 Å². The van der Waals surface area contributed by atoms with E-state index in [-0.39, 0.29) is 10.1 Å². The normalized spacial score (nSPS) is 18.3. The third-order valence-corrected chi connectivity index (χ3v) is 3.80. The number of carbonyl (C=O) groups excluding carboxylic acids is 2. The fourth-order valence-corrected chi connectivity index (χ4v) is 2.14. The molecule has 0 bridgehead atoms. The van der Waals surface area contributed by atoms with E-state index < -0.39 is 17.2 Å². The first-order valence-corrected chi connectivity index (χ1v) is 6.14. The van der Waals surface area contributed by atoms with Gasteiger partial charge in [0.25, 0.3) is 0 Å². The molecule has 1 heterocycles. The molecule has 0 atom stereocenters. The molecule has 0 spiro atoms. The summed E-state index contributed by atoms with van der Waals surface area (Å²) in [5.41, 5.74) is -0.925. The number of hydrogen-bond donors (Lipinski definition) is 2. The van der Waals surface area contributed by atoms with Gasteiger partial charge in [0, 0.05) is 0 Å². The number of thiocarbonyl (C=S) groups is 1. The van der Waals surface area contributed by atoms with Crippen LogP contribution in [0.2, 0.25) is 10.0 Å². The molecule has 0 aliphatic carbocycles. The minimum Gasteiger partial charge on any atom is -0.302 e. The van der Waals surface area contributed by atoms with Gasteiger partial charge in [0.2, 0.25) is 11.8 Å². The van der Waals surface area contributed by atoms with Gasteiger partial charge in [0.1, 0.15) is 0 Å². The molecule has 18 heavy (non-hydrogen) atoms. The molecule has 1 saturated heterocycles. The molecule has 1 aromatic rings. The quantitative estimate of drug-likeness (QED) is 0.614. The van der Waals surface area contributed by atoms with E-state index in [1.165, 1.54) is 19.1 Å². The van der Waals surface area contributed by atoms with Crippen LogP contribution in [0.5, 0.6) is 0 Å². The average molecular weight is 303 g/mol. The largest absolute Gasteiger partial charge is 0.302 e. The van der Waals surface area contributed by atoms with E-state index in [0.29, 0.717) is 10.6 Å². The molecule has 0 radical (unpaired) electrons. The van der Waals surface area contributed by atoms with Crippen LogP contribution < -0.4 is 10.6 Å². The summed E-state index contributed by atoms with van der Waals surface area (Å²) in [4.78, 5) is 24.0. The number of carbonyl (C=O) groups is 2. The lowest BCUT2D eigenvalue weighted by Gasteiger charge is -2.32. The molecule has 7 heteroatoms. The van der Waals surface area contributed by atoms with Crippen LogP contribution in [-0.4, -0.2) is 16.9 Å². The van der Waals surface area contributed by atoms with Gasteiger partial charge in [0.05, 0.1) is 10.0 Å². The van der Waals surface area contributed by atoms with Crippen LogP contribution in [-0.2, 0) is 15.0 Å². The summed E-state index contributed by atoms with van der Waals surface area (Å²) in [5.74, 6) is -0.982. The standard InChI is InChI=1S/C11H8Cl2N2O2S/c1-11(5-2-3-6(12)7(13)4-5)8(16)14-10(18)15-9(11)17/h2-4H,1H3,(H2,14,15,16,17,18). The first-order valence-electron chi connectivity index (χ1n) is 4.98. The van der Waals surface area contributed by atoms with Gasteiger partial charge in [-0.3, -0.25) is 9.59 Å². The molecular formula is C11H8Cl2N2O2S. The highest BCUT2D eigenvalue weighted by atomic mass is 35.5. The second-order valence-electron chi connectivity index (χ2n) is 3.99. The molecule has 0 aromatic heterocycles. The Morgan fingerprint density at radius 3 is 2.17 bits per heavy atom. The second kappa shape index (κ2) is 4.50. The molecule has 0 unspecified atom stereocenters. The Labute approximate surface area is 119 Å². The van der Waals surface area contributed by atoms with Crippen molar-refractivity contribution in [2.45, 2.75) is 12.3 Å². The van der Waals surface area contributed by atoms with Crippen molar-refractivity contribution >= 4 is 52.3 Å². The summed E-state index contributed by atoms with van der Waals surface area (Å²) in [6, 6.07) is 4.62. The zero-order valence-corrected chi connectivity index (χ0v) is 11.5. The van der Waals surface area contributed by atoms with Gasteiger partial charge < -0.3 is 10.6 Å². The van der Waals surface area contributed by atoms with Crippen molar-refractivity contribution in [1.29, 1.82) is 0 Å². The third-order valence-electron chi connectivity index (χ3n) is 2.86. The van der Waals surface area contributed by atoms with Crippen LogP contribution in [0, 0.1) is 0 Å². The number of halogens is 2. The van der Waals surface area contributed by atoms with Crippen LogP contribution in [0.4, 0.5) is 0 Å². The van der Waals surface area contributed by atoms with Crippen LogP contribution in [0.25, 0.3) is 0 Å². The van der Waals surface area contributed by atoms with E-state index >= 15 is 0 Å². The van der Waals surface area contributed by atoms with Crippen LogP contribution in [0.3, 0.4) is 0 Å². The molecular weight excluding hydrogens is 295 g/mol. The molecule has 4 nitrogen and oxygen atoms in total. The monoisotopic (exact) mass is 302 g/mol. The van der Waals surface area contributed by atoms with Crippen LogP contribution in [0.15, 0.2) is 18.2 Å². The Morgan fingerprint density at radius 2 is 1.67 bits per heavy atom. The highest BCUT2D eigenvalue weighted by Crippen LogP contribution is 2.31. The van der Waals surface area contributed by atoms with Crippen molar-refractivity contribution in [3.63, 3.8) is 0 Å². The molecule has 0 saturated carbocycles. The number of rotatable bonds is 1. The first-order chi connectivity index (χ1) is 8.35. The fourth-order valence-electron chi connectivity index (χ4n) is 1.66. The topological polar surface area (TPSA) is 58.2 Å². The Morgan fingerprint density at radius 1 is 1.11 bits per heavy atom. The van der Waals surface area contributed by atoms with E-state index in [1.807, 2.05) is 0 Å². The van der Waals surface area contributed by atoms with E-state index in [4.69, 9.17) is 35.4 Å². The SMILES string of the molecule is CC1(c2ccc(Cl)c(Cl)c2)C(=O)NC(=S)NC1=O. The molecule has 2 N–H and O–H groups in total. The predicted octanol–water partition coefficient (Wildman–Crippen LogP) is 1.78. The fraction of sp³-hybridized carbons (Fsp3) is 0.182. The van der Waals surface area contributed by atoms with Crippen molar-refractivity contribution in [2.75, 3.05) is 0 Å². The maximum atomic E-state index is 12.0. The summed E-state index contributed by atoms with van der Waals surface area (Å²) < 4.78 is 0. The smallest absolute Gasteiger partial charge is 0.246 e. The number of benzene rings is 1. The lowest BCUT2D eigenvalue weighted by Crippen LogP contribution is -2.63. The Kier molecular flexibility index (Phi) is 3.31. The summed E-state index contributed by atoms with van der Waals surface area (Å²) in [5, 5.41) is 5.48. The summed E-state index contributed by atoms with van der Waals surface area (Å²) in [6.07, 6.45) is 0. The molecule has 1 aliphatic heterocycles. The van der Waals surface area contributed by atoms with Gasteiger partial charge in [-0.2, -0.15) is 0 Å². The number of nitrogens with one attached hydrogen (secondary N) is 2. The minimum absolute atomic E-state index is 0.00235. The van der Waals surface area contributed by atoms with Crippen molar-refractivity contribution < 1.29 is 9.59 Å². The maximum absolute atomic E-state index is 12.0. The lowest BCUT2D eigenvalue weighted by atomic mass is 9.79. The predicted molar refractivity (Wildman–Crippen MR) is 72.7 cm³/mol. The summed E-state index contributed by atoms with van der Waals surface area (Å²) in [6.45, 7) is 1.50. The van der Waals surface area contributed by atoms with Gasteiger partial charge in [-0.25, -0.2) is 0 Å². The first kappa shape index (κ1) is 13.3. The summed E-state index contributed by atoms with van der Waals surface area (Å²) in [7, 11) is 0. The van der Waals surface area contributed by atoms with E-state index in [9.17, 15) is 9.59 Å². The molecule has 1 aliphatic rings. The van der Waals surface area contributed by atoms with Gasteiger partial charge in [-0.1, -0.05) is 29.3 Å². The van der Waals surface area contributed by atoms with Crippen molar-refractivity contribution in [3.05, 3.63) is 33.8 Å². The third kappa shape index (κ3) is 1.98.